The Balaban J connectivity index is 3.05. The molecule has 0 saturated carbocycles. The van der Waals surface area contributed by atoms with E-state index in [9.17, 15) is 10.1 Å². The van der Waals surface area contributed by atoms with Gasteiger partial charge in [-0.05, 0) is 4.92 Å². The maximum Gasteiger partial charge on any atom is 0.462 e. The van der Waals surface area contributed by atoms with Gasteiger partial charge >= 0.3 is 11.6 Å². The molecule has 1 aromatic rings. The van der Waals surface area contributed by atoms with Gasteiger partial charge in [-0.3, -0.25) is 0 Å². The van der Waals surface area contributed by atoms with Crippen LogP contribution in [-0.4, -0.2) is 22.3 Å². The molecule has 0 spiro atoms. The summed E-state index contributed by atoms with van der Waals surface area (Å²) < 4.78 is 4.06. The van der Waals surface area contributed by atoms with Gasteiger partial charge < -0.3 is 10.1 Å². The summed E-state index contributed by atoms with van der Waals surface area (Å²) in [5.74, 6) is -0.756. The standard InChI is InChI=1S/C3H3N5O3/c1-4-5-2-3(8(9)10)7-11-6-2/h1H3. The Morgan fingerprint density at radius 3 is 2.91 bits per heavy atom. The second-order valence-corrected chi connectivity index (χ2v) is 1.47. The minimum Gasteiger partial charge on any atom is -0.358 e. The van der Waals surface area contributed by atoms with Gasteiger partial charge in [0.25, 0.3) is 0 Å². The van der Waals surface area contributed by atoms with Crippen molar-refractivity contribution in [1.82, 2.24) is 10.3 Å². The van der Waals surface area contributed by atoms with Crippen molar-refractivity contribution in [2.75, 3.05) is 7.05 Å². The van der Waals surface area contributed by atoms with Gasteiger partial charge in [-0.15, -0.1) is 9.74 Å². The summed E-state index contributed by atoms with van der Waals surface area (Å²) in [6, 6.07) is 0. The predicted octanol–water partition coefficient (Wildman–Crippen LogP) is 0.691. The van der Waals surface area contributed by atoms with Crippen LogP contribution in [-0.2, 0) is 0 Å². The number of azo groups is 1. The third-order valence-corrected chi connectivity index (χ3v) is 0.822. The average molecular weight is 157 g/mol. The molecule has 0 fully saturated rings. The van der Waals surface area contributed by atoms with Crippen LogP contribution in [0.2, 0.25) is 0 Å². The molecule has 1 rings (SSSR count). The highest BCUT2D eigenvalue weighted by molar-refractivity contribution is 5.41. The van der Waals surface area contributed by atoms with E-state index in [0.29, 0.717) is 0 Å². The van der Waals surface area contributed by atoms with E-state index < -0.39 is 10.7 Å². The van der Waals surface area contributed by atoms with Crippen LogP contribution >= 0.6 is 0 Å². The van der Waals surface area contributed by atoms with Crippen molar-refractivity contribution in [2.45, 2.75) is 0 Å². The molecule has 0 N–H and O–H groups in total. The number of hydrogen-bond acceptors (Lipinski definition) is 7. The average Bonchev–Trinajstić information content (AvgIpc) is 2.36. The van der Waals surface area contributed by atoms with Crippen LogP contribution in [0.25, 0.3) is 0 Å². The zero-order chi connectivity index (χ0) is 8.27. The van der Waals surface area contributed by atoms with Crippen molar-refractivity contribution in [1.29, 1.82) is 0 Å². The molecule has 0 radical (unpaired) electrons. The van der Waals surface area contributed by atoms with E-state index in [1.165, 1.54) is 7.05 Å². The molecular weight excluding hydrogens is 154 g/mol. The number of hydrogen-bond donors (Lipinski definition) is 0. The van der Waals surface area contributed by atoms with Crippen LogP contribution in [0, 0.1) is 10.1 Å². The molecule has 0 aromatic carbocycles. The molecule has 8 nitrogen and oxygen atoms in total. The summed E-state index contributed by atoms with van der Waals surface area (Å²) >= 11 is 0. The van der Waals surface area contributed by atoms with E-state index in [1.54, 1.807) is 0 Å². The monoisotopic (exact) mass is 157 g/mol. The molecule has 0 atom stereocenters. The van der Waals surface area contributed by atoms with Crippen LogP contribution < -0.4 is 0 Å². The van der Waals surface area contributed by atoms with Crippen LogP contribution in [0.4, 0.5) is 11.6 Å². The van der Waals surface area contributed by atoms with Gasteiger partial charge in [-0.25, -0.2) is 0 Å². The summed E-state index contributed by atoms with van der Waals surface area (Å²) in [6.07, 6.45) is 0. The van der Waals surface area contributed by atoms with Crippen LogP contribution in [0.5, 0.6) is 0 Å². The van der Waals surface area contributed by atoms with Crippen molar-refractivity contribution < 1.29 is 9.55 Å². The van der Waals surface area contributed by atoms with Gasteiger partial charge in [0, 0.05) is 12.2 Å². The van der Waals surface area contributed by atoms with E-state index in [2.05, 4.69) is 25.2 Å². The lowest BCUT2D eigenvalue weighted by Crippen LogP contribution is -1.86. The topological polar surface area (TPSA) is 107 Å². The molecule has 0 aliphatic carbocycles. The first-order valence-electron chi connectivity index (χ1n) is 2.52. The predicted molar refractivity (Wildman–Crippen MR) is 31.4 cm³/mol. The molecule has 0 aliphatic heterocycles. The highest BCUT2D eigenvalue weighted by Gasteiger charge is 2.21. The SMILES string of the molecule is CN=Nc1nonc1[N+](=O)[O-]. The number of nitro groups is 1. The molecule has 1 aromatic heterocycles. The number of aromatic nitrogens is 2. The van der Waals surface area contributed by atoms with Crippen LogP contribution in [0.3, 0.4) is 0 Å². The Bertz CT molecular complexity index is 291. The van der Waals surface area contributed by atoms with Gasteiger partial charge in [0.2, 0.25) is 0 Å². The molecule has 0 amide bonds. The van der Waals surface area contributed by atoms with Crippen molar-refractivity contribution in [3.63, 3.8) is 0 Å². The molecule has 0 bridgehead atoms. The van der Waals surface area contributed by atoms with Gasteiger partial charge in [-0.2, -0.15) is 5.11 Å². The quantitative estimate of drug-likeness (QED) is 0.356. The third-order valence-electron chi connectivity index (χ3n) is 0.822. The minimum atomic E-state index is -0.749. The minimum absolute atomic E-state index is 0.225. The van der Waals surface area contributed by atoms with Crippen molar-refractivity contribution >= 4 is 11.6 Å². The zero-order valence-corrected chi connectivity index (χ0v) is 5.46. The van der Waals surface area contributed by atoms with Crippen molar-refractivity contribution in [3.05, 3.63) is 10.1 Å². The Morgan fingerprint density at radius 2 is 2.36 bits per heavy atom. The van der Waals surface area contributed by atoms with Gasteiger partial charge in [0.1, 0.15) is 0 Å². The number of rotatable bonds is 2. The fourth-order valence-corrected chi connectivity index (χ4v) is 0.452. The summed E-state index contributed by atoms with van der Waals surface area (Å²) in [6.45, 7) is 0. The lowest BCUT2D eigenvalue weighted by Gasteiger charge is -1.82. The van der Waals surface area contributed by atoms with E-state index >= 15 is 0 Å². The Kier molecular flexibility index (Phi) is 1.86. The lowest BCUT2D eigenvalue weighted by molar-refractivity contribution is -0.390. The summed E-state index contributed by atoms with van der Waals surface area (Å²) in [5, 5.41) is 22.8. The normalized spacial score (nSPS) is 10.6. The van der Waals surface area contributed by atoms with Gasteiger partial charge in [0.05, 0.1) is 0 Å². The maximum absolute atomic E-state index is 10.1. The summed E-state index contributed by atoms with van der Waals surface area (Å²) in [4.78, 5) is 9.35. The zero-order valence-electron chi connectivity index (χ0n) is 5.46. The largest absolute Gasteiger partial charge is 0.462 e. The highest BCUT2D eigenvalue weighted by atomic mass is 16.6. The smallest absolute Gasteiger partial charge is 0.358 e. The first kappa shape index (κ1) is 7.25. The Hall–Kier alpha value is -1.86. The van der Waals surface area contributed by atoms with E-state index in [1.807, 2.05) is 0 Å². The van der Waals surface area contributed by atoms with E-state index in [0.717, 1.165) is 0 Å². The second kappa shape index (κ2) is 2.82. The van der Waals surface area contributed by atoms with Crippen molar-refractivity contribution in [3.8, 4) is 0 Å². The Morgan fingerprint density at radius 1 is 1.64 bits per heavy atom. The fourth-order valence-electron chi connectivity index (χ4n) is 0.452. The molecule has 0 unspecified atom stereocenters. The molecule has 0 aliphatic rings. The van der Waals surface area contributed by atoms with Gasteiger partial charge in [0.15, 0.2) is 5.16 Å². The van der Waals surface area contributed by atoms with Gasteiger partial charge in [-0.1, -0.05) is 0 Å². The van der Waals surface area contributed by atoms with E-state index in [4.69, 9.17) is 0 Å². The molecule has 58 valence electrons. The second-order valence-electron chi connectivity index (χ2n) is 1.47. The van der Waals surface area contributed by atoms with Crippen LogP contribution in [0.15, 0.2) is 14.9 Å². The first-order chi connectivity index (χ1) is 5.25. The molecule has 8 heteroatoms. The maximum atomic E-state index is 10.1. The highest BCUT2D eigenvalue weighted by Crippen LogP contribution is 2.20. The van der Waals surface area contributed by atoms with E-state index in [-0.39, 0.29) is 5.82 Å². The lowest BCUT2D eigenvalue weighted by atomic mass is 10.7. The van der Waals surface area contributed by atoms with Crippen LogP contribution in [0.1, 0.15) is 0 Å². The first-order valence-corrected chi connectivity index (χ1v) is 2.52. The Labute approximate surface area is 60.0 Å². The third kappa shape index (κ3) is 1.34. The molecule has 11 heavy (non-hydrogen) atoms. The van der Waals surface area contributed by atoms with Crippen molar-refractivity contribution in [2.24, 2.45) is 10.2 Å². The summed E-state index contributed by atoms with van der Waals surface area (Å²) in [7, 11) is 1.36. The molecular formula is C3H3N5O3. The molecule has 1 heterocycles. The number of nitrogens with zero attached hydrogens (tertiary/aromatic N) is 5. The summed E-state index contributed by atoms with van der Waals surface area (Å²) in [5.41, 5.74) is 0. The fraction of sp³-hybridized carbons (Fsp3) is 0.333. The molecule has 0 saturated heterocycles.